The van der Waals surface area contributed by atoms with Crippen LogP contribution in [0.4, 0.5) is 0 Å². The van der Waals surface area contributed by atoms with E-state index in [4.69, 9.17) is 0 Å². The van der Waals surface area contributed by atoms with Crippen LogP contribution in [0.25, 0.3) is 21.7 Å². The summed E-state index contributed by atoms with van der Waals surface area (Å²) in [5.41, 5.74) is 2.30. The number of benzene rings is 2. The highest BCUT2D eigenvalue weighted by Gasteiger charge is 2.07. The zero-order chi connectivity index (χ0) is 10.4. The smallest absolute Gasteiger partial charge is 0.0688 e. The Hall–Kier alpha value is -1.83. The molecule has 1 aromatic heterocycles. The van der Waals surface area contributed by atoms with Crippen LogP contribution in [0.15, 0.2) is 36.4 Å². The van der Waals surface area contributed by atoms with E-state index in [1.165, 1.54) is 21.7 Å². The van der Waals surface area contributed by atoms with Crippen molar-refractivity contribution in [3.05, 3.63) is 42.1 Å². The second-order valence-electron chi connectivity index (χ2n) is 3.89. The van der Waals surface area contributed by atoms with Gasteiger partial charge in [0, 0.05) is 12.4 Å². The first kappa shape index (κ1) is 8.48. The summed E-state index contributed by atoms with van der Waals surface area (Å²) in [4.78, 5) is 0. The quantitative estimate of drug-likeness (QED) is 0.540. The molecule has 74 valence electrons. The maximum absolute atomic E-state index is 4.46. The predicted molar refractivity (Wildman–Crippen MR) is 63.0 cm³/mol. The molecule has 0 saturated heterocycles. The number of aryl methyl sites for hydroxylation is 2. The third-order valence-electron chi connectivity index (χ3n) is 2.92. The van der Waals surface area contributed by atoms with Crippen molar-refractivity contribution in [3.8, 4) is 0 Å². The molecule has 0 radical (unpaired) electrons. The van der Waals surface area contributed by atoms with Gasteiger partial charge in [-0.3, -0.25) is 4.68 Å². The second-order valence-corrected chi connectivity index (χ2v) is 3.89. The number of hydrogen-bond donors (Lipinski definition) is 0. The van der Waals surface area contributed by atoms with Gasteiger partial charge in [-0.2, -0.15) is 5.10 Å². The molecule has 3 aromatic rings. The van der Waals surface area contributed by atoms with Gasteiger partial charge in [0.15, 0.2) is 0 Å². The SMILES string of the molecule is Cc1nn(C)c2ccc3ccccc3c12. The molecule has 0 spiro atoms. The number of aromatic nitrogens is 2. The Labute approximate surface area is 88.1 Å². The van der Waals surface area contributed by atoms with Crippen molar-refractivity contribution in [2.45, 2.75) is 6.92 Å². The van der Waals surface area contributed by atoms with Gasteiger partial charge in [-0.25, -0.2) is 0 Å². The fourth-order valence-corrected chi connectivity index (χ4v) is 2.24. The number of nitrogens with zero attached hydrogens (tertiary/aromatic N) is 2. The van der Waals surface area contributed by atoms with Gasteiger partial charge in [0.25, 0.3) is 0 Å². The fourth-order valence-electron chi connectivity index (χ4n) is 2.24. The average molecular weight is 196 g/mol. The van der Waals surface area contributed by atoms with Crippen LogP contribution in [0.5, 0.6) is 0 Å². The summed E-state index contributed by atoms with van der Waals surface area (Å²) in [5, 5.41) is 8.30. The summed E-state index contributed by atoms with van der Waals surface area (Å²) in [6, 6.07) is 12.7. The van der Waals surface area contributed by atoms with Crippen molar-refractivity contribution in [1.82, 2.24) is 9.78 Å². The molecule has 0 amide bonds. The monoisotopic (exact) mass is 196 g/mol. The first-order chi connectivity index (χ1) is 7.27. The maximum Gasteiger partial charge on any atom is 0.0688 e. The zero-order valence-corrected chi connectivity index (χ0v) is 8.86. The molecule has 0 aliphatic carbocycles. The van der Waals surface area contributed by atoms with Crippen molar-refractivity contribution >= 4 is 21.7 Å². The van der Waals surface area contributed by atoms with Crippen molar-refractivity contribution in [3.63, 3.8) is 0 Å². The van der Waals surface area contributed by atoms with E-state index in [2.05, 4.69) is 48.4 Å². The number of fused-ring (bicyclic) bond motifs is 3. The van der Waals surface area contributed by atoms with Gasteiger partial charge in [0.2, 0.25) is 0 Å². The highest BCUT2D eigenvalue weighted by Crippen LogP contribution is 2.27. The third-order valence-corrected chi connectivity index (χ3v) is 2.92. The molecule has 2 aromatic carbocycles. The Bertz CT molecular complexity index is 650. The molecule has 0 fully saturated rings. The molecule has 0 atom stereocenters. The van der Waals surface area contributed by atoms with E-state index < -0.39 is 0 Å². The van der Waals surface area contributed by atoms with Gasteiger partial charge < -0.3 is 0 Å². The summed E-state index contributed by atoms with van der Waals surface area (Å²) < 4.78 is 1.94. The van der Waals surface area contributed by atoms with Crippen LogP contribution < -0.4 is 0 Å². The Morgan fingerprint density at radius 2 is 1.87 bits per heavy atom. The normalized spacial score (nSPS) is 11.3. The van der Waals surface area contributed by atoms with E-state index in [0.717, 1.165) is 5.69 Å². The van der Waals surface area contributed by atoms with Crippen LogP contribution in [0, 0.1) is 6.92 Å². The summed E-state index contributed by atoms with van der Waals surface area (Å²) in [5.74, 6) is 0. The Morgan fingerprint density at radius 3 is 2.73 bits per heavy atom. The van der Waals surface area contributed by atoms with Crippen molar-refractivity contribution in [1.29, 1.82) is 0 Å². The molecule has 3 rings (SSSR count). The Morgan fingerprint density at radius 1 is 1.07 bits per heavy atom. The summed E-state index contributed by atoms with van der Waals surface area (Å²) >= 11 is 0. The zero-order valence-electron chi connectivity index (χ0n) is 8.86. The highest BCUT2D eigenvalue weighted by atomic mass is 15.3. The van der Waals surface area contributed by atoms with Crippen molar-refractivity contribution in [2.75, 3.05) is 0 Å². The topological polar surface area (TPSA) is 17.8 Å². The lowest BCUT2D eigenvalue weighted by Crippen LogP contribution is -1.88. The van der Waals surface area contributed by atoms with E-state index in [9.17, 15) is 0 Å². The largest absolute Gasteiger partial charge is 0.268 e. The van der Waals surface area contributed by atoms with E-state index in [-0.39, 0.29) is 0 Å². The highest BCUT2D eigenvalue weighted by molar-refractivity contribution is 6.07. The first-order valence-corrected chi connectivity index (χ1v) is 5.08. The van der Waals surface area contributed by atoms with Crippen LogP contribution in [0.3, 0.4) is 0 Å². The summed E-state index contributed by atoms with van der Waals surface area (Å²) in [6.45, 7) is 2.06. The molecule has 0 unspecified atom stereocenters. The van der Waals surface area contributed by atoms with E-state index in [1.54, 1.807) is 0 Å². The minimum absolute atomic E-state index is 1.10. The predicted octanol–water partition coefficient (Wildman–Crippen LogP) is 3.03. The minimum Gasteiger partial charge on any atom is -0.268 e. The molecule has 1 heterocycles. The second kappa shape index (κ2) is 2.83. The van der Waals surface area contributed by atoms with Crippen LogP contribution in [0.1, 0.15) is 5.69 Å². The maximum atomic E-state index is 4.46. The van der Waals surface area contributed by atoms with Gasteiger partial charge in [-0.05, 0) is 23.8 Å². The lowest BCUT2D eigenvalue weighted by Gasteiger charge is -2.00. The standard InChI is InChI=1S/C13H12N2/c1-9-13-11-6-4-3-5-10(11)7-8-12(13)15(2)14-9/h3-8H,1-2H3. The molecule has 0 bridgehead atoms. The first-order valence-electron chi connectivity index (χ1n) is 5.08. The fraction of sp³-hybridized carbons (Fsp3) is 0.154. The molecule has 0 N–H and O–H groups in total. The van der Waals surface area contributed by atoms with E-state index in [0.29, 0.717) is 0 Å². The van der Waals surface area contributed by atoms with Crippen LogP contribution in [-0.4, -0.2) is 9.78 Å². The van der Waals surface area contributed by atoms with Crippen molar-refractivity contribution < 1.29 is 0 Å². The molecule has 15 heavy (non-hydrogen) atoms. The Kier molecular flexibility index (Phi) is 1.60. The lowest BCUT2D eigenvalue weighted by molar-refractivity contribution is 0.783. The van der Waals surface area contributed by atoms with Crippen molar-refractivity contribution in [2.24, 2.45) is 7.05 Å². The number of rotatable bonds is 0. The van der Waals surface area contributed by atoms with Crippen LogP contribution >= 0.6 is 0 Å². The van der Waals surface area contributed by atoms with Crippen LogP contribution in [-0.2, 0) is 7.05 Å². The lowest BCUT2D eigenvalue weighted by atomic mass is 10.1. The molecular weight excluding hydrogens is 184 g/mol. The van der Waals surface area contributed by atoms with Gasteiger partial charge in [-0.15, -0.1) is 0 Å². The van der Waals surface area contributed by atoms with Gasteiger partial charge in [0.05, 0.1) is 11.2 Å². The van der Waals surface area contributed by atoms with E-state index in [1.807, 2.05) is 11.7 Å². The van der Waals surface area contributed by atoms with Gasteiger partial charge in [0.1, 0.15) is 0 Å². The summed E-state index contributed by atoms with van der Waals surface area (Å²) in [6.07, 6.45) is 0. The third kappa shape index (κ3) is 1.08. The molecule has 2 nitrogen and oxygen atoms in total. The molecule has 0 saturated carbocycles. The molecule has 2 heteroatoms. The average Bonchev–Trinajstić information content (AvgIpc) is 2.55. The van der Waals surface area contributed by atoms with Crippen LogP contribution in [0.2, 0.25) is 0 Å². The molecule has 0 aliphatic heterocycles. The summed E-state index contributed by atoms with van der Waals surface area (Å²) in [7, 11) is 1.99. The molecule has 0 aliphatic rings. The Balaban J connectivity index is 2.64. The molecular formula is C13H12N2. The minimum atomic E-state index is 1.10. The van der Waals surface area contributed by atoms with Gasteiger partial charge >= 0.3 is 0 Å². The van der Waals surface area contributed by atoms with E-state index >= 15 is 0 Å². The number of hydrogen-bond acceptors (Lipinski definition) is 1. The van der Waals surface area contributed by atoms with Gasteiger partial charge in [-0.1, -0.05) is 30.3 Å².